The second-order valence-electron chi connectivity index (χ2n) is 9.02. The summed E-state index contributed by atoms with van der Waals surface area (Å²) in [6.07, 6.45) is 15.9. The first-order chi connectivity index (χ1) is 13.8. The van der Waals surface area contributed by atoms with Gasteiger partial charge in [0.2, 0.25) is 0 Å². The molecule has 0 aliphatic heterocycles. The first-order valence-electron chi connectivity index (χ1n) is 11.4. The third-order valence-electron chi connectivity index (χ3n) is 7.15. The summed E-state index contributed by atoms with van der Waals surface area (Å²) in [4.78, 5) is 37.6. The van der Waals surface area contributed by atoms with Crippen molar-refractivity contribution in [3.05, 3.63) is 35.5 Å². The lowest BCUT2D eigenvalue weighted by molar-refractivity contribution is -0.135. The zero-order valence-corrected chi connectivity index (χ0v) is 18.8. The van der Waals surface area contributed by atoms with Gasteiger partial charge in [-0.2, -0.15) is 0 Å². The highest BCUT2D eigenvalue weighted by molar-refractivity contribution is 5.86. The number of hydrogen-bond acceptors (Lipinski definition) is 3. The second-order valence-corrected chi connectivity index (χ2v) is 9.02. The van der Waals surface area contributed by atoms with E-state index in [9.17, 15) is 14.4 Å². The monoisotopic (exact) mass is 398 g/mol. The Labute approximate surface area is 176 Å². The van der Waals surface area contributed by atoms with Crippen molar-refractivity contribution in [1.29, 1.82) is 0 Å². The molecule has 0 spiro atoms. The fraction of sp³-hybridized carbons (Fsp3) is 0.654. The SMILES string of the molecule is CCC1=CCC=C(CC(=O)CCC2(C(C)=O)CCC(C(=O)C(C)CC)CC2)C=C1. The minimum Gasteiger partial charge on any atom is -0.299 e. The van der Waals surface area contributed by atoms with Crippen molar-refractivity contribution in [3.8, 4) is 0 Å². The van der Waals surface area contributed by atoms with Crippen LogP contribution >= 0.6 is 0 Å². The van der Waals surface area contributed by atoms with Gasteiger partial charge in [0.25, 0.3) is 0 Å². The molecular formula is C26H38O3. The van der Waals surface area contributed by atoms with Crippen molar-refractivity contribution in [2.24, 2.45) is 17.3 Å². The number of carbonyl (C=O) groups is 3. The van der Waals surface area contributed by atoms with E-state index in [2.05, 4.69) is 38.2 Å². The summed E-state index contributed by atoms with van der Waals surface area (Å²) in [6.45, 7) is 7.85. The molecule has 0 aromatic carbocycles. The number of hydrogen-bond donors (Lipinski definition) is 0. The van der Waals surface area contributed by atoms with Crippen molar-refractivity contribution < 1.29 is 14.4 Å². The Balaban J connectivity index is 1.90. The van der Waals surface area contributed by atoms with Crippen LogP contribution in [-0.4, -0.2) is 17.3 Å². The molecule has 1 fully saturated rings. The molecule has 2 rings (SSSR count). The summed E-state index contributed by atoms with van der Waals surface area (Å²) in [5, 5.41) is 0. The highest BCUT2D eigenvalue weighted by Crippen LogP contribution is 2.44. The Morgan fingerprint density at radius 1 is 1.07 bits per heavy atom. The van der Waals surface area contributed by atoms with E-state index in [-0.39, 0.29) is 23.4 Å². The predicted molar refractivity (Wildman–Crippen MR) is 119 cm³/mol. The summed E-state index contributed by atoms with van der Waals surface area (Å²) in [6, 6.07) is 0. The molecule has 3 nitrogen and oxygen atoms in total. The number of Topliss-reactive ketones (excluding diaryl/α,β-unsaturated/α-hetero) is 3. The van der Waals surface area contributed by atoms with Crippen LogP contribution in [0.25, 0.3) is 0 Å². The van der Waals surface area contributed by atoms with Crippen LogP contribution in [0.3, 0.4) is 0 Å². The Kier molecular flexibility index (Phi) is 8.79. The maximum Gasteiger partial charge on any atom is 0.138 e. The third-order valence-corrected chi connectivity index (χ3v) is 7.15. The van der Waals surface area contributed by atoms with E-state index in [4.69, 9.17) is 0 Å². The third kappa shape index (κ3) is 6.35. The first-order valence-corrected chi connectivity index (χ1v) is 11.4. The summed E-state index contributed by atoms with van der Waals surface area (Å²) in [5.74, 6) is 0.946. The van der Waals surface area contributed by atoms with E-state index in [0.29, 0.717) is 25.0 Å². The first kappa shape index (κ1) is 23.5. The highest BCUT2D eigenvalue weighted by Gasteiger charge is 2.41. The molecule has 0 heterocycles. The van der Waals surface area contributed by atoms with E-state index >= 15 is 0 Å². The van der Waals surface area contributed by atoms with Crippen molar-refractivity contribution in [2.45, 2.75) is 91.9 Å². The van der Waals surface area contributed by atoms with Crippen LogP contribution in [0, 0.1) is 17.3 Å². The standard InChI is InChI=1S/C26H38O3/c1-5-19(3)25(29)23-12-15-26(16-13-23,20(4)27)17-14-24(28)18-22-9-7-8-21(6-2)10-11-22/h8-11,19,23H,5-7,12-18H2,1-4H3. The summed E-state index contributed by atoms with van der Waals surface area (Å²) in [7, 11) is 0. The quantitative estimate of drug-likeness (QED) is 0.432. The van der Waals surface area contributed by atoms with E-state index in [1.54, 1.807) is 6.92 Å². The Bertz CT molecular complexity index is 699. The van der Waals surface area contributed by atoms with Gasteiger partial charge in [-0.25, -0.2) is 0 Å². The lowest BCUT2D eigenvalue weighted by atomic mass is 9.64. The van der Waals surface area contributed by atoms with Crippen molar-refractivity contribution in [1.82, 2.24) is 0 Å². The fourth-order valence-electron chi connectivity index (χ4n) is 4.64. The number of ketones is 3. The number of rotatable bonds is 10. The van der Waals surface area contributed by atoms with Gasteiger partial charge in [0.15, 0.2) is 0 Å². The molecule has 0 aromatic rings. The summed E-state index contributed by atoms with van der Waals surface area (Å²) in [5.41, 5.74) is 1.98. The van der Waals surface area contributed by atoms with Gasteiger partial charge >= 0.3 is 0 Å². The van der Waals surface area contributed by atoms with Gasteiger partial charge in [-0.15, -0.1) is 0 Å². The van der Waals surface area contributed by atoms with E-state index < -0.39 is 5.41 Å². The second kappa shape index (κ2) is 10.8. The van der Waals surface area contributed by atoms with Gasteiger partial charge < -0.3 is 0 Å². The fourth-order valence-corrected chi connectivity index (χ4v) is 4.64. The molecule has 29 heavy (non-hydrogen) atoms. The molecule has 2 aliphatic carbocycles. The Morgan fingerprint density at radius 3 is 2.28 bits per heavy atom. The Hall–Kier alpha value is -1.77. The average Bonchev–Trinajstić information content (AvgIpc) is 2.96. The van der Waals surface area contributed by atoms with Gasteiger partial charge in [0.05, 0.1) is 0 Å². The molecule has 0 amide bonds. The molecule has 0 aromatic heterocycles. The van der Waals surface area contributed by atoms with Crippen LogP contribution in [0.15, 0.2) is 35.5 Å². The zero-order valence-electron chi connectivity index (χ0n) is 18.8. The molecule has 2 aliphatic rings. The van der Waals surface area contributed by atoms with Crippen LogP contribution in [0.1, 0.15) is 91.9 Å². The molecule has 1 atom stereocenters. The molecule has 0 bridgehead atoms. The van der Waals surface area contributed by atoms with Crippen LogP contribution in [0.2, 0.25) is 0 Å². The van der Waals surface area contributed by atoms with Gasteiger partial charge in [-0.3, -0.25) is 14.4 Å². The maximum atomic E-state index is 12.6. The maximum absolute atomic E-state index is 12.6. The summed E-state index contributed by atoms with van der Waals surface area (Å²) >= 11 is 0. The van der Waals surface area contributed by atoms with Crippen LogP contribution in [0.5, 0.6) is 0 Å². The molecule has 3 heteroatoms. The van der Waals surface area contributed by atoms with Gasteiger partial charge in [-0.05, 0) is 63.9 Å². The van der Waals surface area contributed by atoms with Crippen LogP contribution < -0.4 is 0 Å². The Morgan fingerprint density at radius 2 is 1.69 bits per heavy atom. The topological polar surface area (TPSA) is 51.2 Å². The van der Waals surface area contributed by atoms with Gasteiger partial charge in [-0.1, -0.05) is 50.6 Å². The largest absolute Gasteiger partial charge is 0.299 e. The van der Waals surface area contributed by atoms with Crippen molar-refractivity contribution >= 4 is 17.3 Å². The smallest absolute Gasteiger partial charge is 0.138 e. The molecule has 1 saturated carbocycles. The number of carbonyl (C=O) groups excluding carboxylic acids is 3. The van der Waals surface area contributed by atoms with Gasteiger partial charge in [0.1, 0.15) is 17.3 Å². The van der Waals surface area contributed by atoms with Gasteiger partial charge in [0, 0.05) is 30.1 Å². The van der Waals surface area contributed by atoms with Crippen molar-refractivity contribution in [3.63, 3.8) is 0 Å². The molecule has 0 radical (unpaired) electrons. The van der Waals surface area contributed by atoms with E-state index in [0.717, 1.165) is 50.5 Å². The van der Waals surface area contributed by atoms with Crippen LogP contribution in [0.4, 0.5) is 0 Å². The minimum atomic E-state index is -0.410. The molecule has 0 saturated heterocycles. The predicted octanol–water partition coefficient (Wildman–Crippen LogP) is 6.33. The highest BCUT2D eigenvalue weighted by atomic mass is 16.1. The van der Waals surface area contributed by atoms with Crippen molar-refractivity contribution in [2.75, 3.05) is 0 Å². The van der Waals surface area contributed by atoms with Crippen LogP contribution in [-0.2, 0) is 14.4 Å². The average molecular weight is 399 g/mol. The summed E-state index contributed by atoms with van der Waals surface area (Å²) < 4.78 is 0. The minimum absolute atomic E-state index is 0.0923. The lowest BCUT2D eigenvalue weighted by Crippen LogP contribution is -2.37. The number of allylic oxidation sites excluding steroid dienone is 6. The van der Waals surface area contributed by atoms with E-state index in [1.165, 1.54) is 5.57 Å². The molecule has 1 unspecified atom stereocenters. The molecular weight excluding hydrogens is 360 g/mol. The normalized spacial score (nSPS) is 25.6. The lowest BCUT2D eigenvalue weighted by Gasteiger charge is -2.38. The molecule has 160 valence electrons. The van der Waals surface area contributed by atoms with E-state index in [1.807, 2.05) is 6.92 Å². The zero-order chi connectivity index (χ0) is 21.4. The molecule has 0 N–H and O–H groups in total.